The zero-order valence-electron chi connectivity index (χ0n) is 8.46. The van der Waals surface area contributed by atoms with E-state index in [1.807, 2.05) is 6.20 Å². The molecule has 1 heteroatoms. The highest BCUT2D eigenvalue weighted by atomic mass is 15.0. The molecule has 1 aromatic rings. The predicted molar refractivity (Wildman–Crippen MR) is 56.7 cm³/mol. The van der Waals surface area contributed by atoms with E-state index in [9.17, 15) is 0 Å². The molecule has 1 aromatic carbocycles. The average molecular weight is 184 g/mol. The van der Waals surface area contributed by atoms with Gasteiger partial charge in [0.05, 0.1) is 0 Å². The molecular formula is C13H14N+. The highest BCUT2D eigenvalue weighted by Crippen LogP contribution is 2.34. The fourth-order valence-corrected chi connectivity index (χ4v) is 2.40. The maximum atomic E-state index is 3.09. The van der Waals surface area contributed by atoms with Crippen LogP contribution in [-0.4, -0.2) is 10.4 Å². The standard InChI is InChI=1S/C13H14N/c1-10-5-6-13-11(9-14-7-8-14)3-2-4-12(10)13/h2-4,7,10H,5-6,9H2,1H3/q+1. The van der Waals surface area contributed by atoms with E-state index in [0.717, 1.165) is 12.5 Å². The number of benzene rings is 1. The number of hydrogen-bond acceptors (Lipinski definition) is 0. The van der Waals surface area contributed by atoms with Crippen molar-refractivity contribution in [2.75, 3.05) is 0 Å². The maximum Gasteiger partial charge on any atom is 0.287 e. The van der Waals surface area contributed by atoms with Gasteiger partial charge in [-0.05, 0) is 29.9 Å². The lowest BCUT2D eigenvalue weighted by Crippen LogP contribution is -1.98. The SMILES string of the molecule is CC1CCc2c(C[N+]3=C=C3)cccc21. The van der Waals surface area contributed by atoms with Crippen molar-refractivity contribution in [2.45, 2.75) is 32.2 Å². The van der Waals surface area contributed by atoms with Gasteiger partial charge in [-0.3, -0.25) is 0 Å². The van der Waals surface area contributed by atoms with Crippen LogP contribution in [0.3, 0.4) is 0 Å². The molecule has 0 bridgehead atoms. The summed E-state index contributed by atoms with van der Waals surface area (Å²) < 4.78 is 2.12. The molecule has 0 spiro atoms. The largest absolute Gasteiger partial charge is 0.287 e. The first-order chi connectivity index (χ1) is 6.84. The smallest absolute Gasteiger partial charge is 0.135 e. The third kappa shape index (κ3) is 1.21. The van der Waals surface area contributed by atoms with Crippen LogP contribution >= 0.6 is 0 Å². The van der Waals surface area contributed by atoms with Crippen LogP contribution in [-0.2, 0) is 13.0 Å². The molecule has 1 unspecified atom stereocenters. The quantitative estimate of drug-likeness (QED) is 0.621. The van der Waals surface area contributed by atoms with Crippen molar-refractivity contribution in [3.8, 4) is 0 Å². The van der Waals surface area contributed by atoms with Crippen LogP contribution in [0, 0.1) is 0 Å². The molecule has 1 aliphatic carbocycles. The van der Waals surface area contributed by atoms with Gasteiger partial charge in [-0.25, -0.2) is 0 Å². The number of hydrogen-bond donors (Lipinski definition) is 0. The molecule has 0 aromatic heterocycles. The zero-order chi connectivity index (χ0) is 9.54. The van der Waals surface area contributed by atoms with Gasteiger partial charge < -0.3 is 0 Å². The van der Waals surface area contributed by atoms with Crippen molar-refractivity contribution in [3.05, 3.63) is 41.1 Å². The first-order valence-corrected chi connectivity index (χ1v) is 5.31. The van der Waals surface area contributed by atoms with Gasteiger partial charge in [0, 0.05) is 5.56 Å². The minimum absolute atomic E-state index is 0.760. The lowest BCUT2D eigenvalue weighted by atomic mass is 10.00. The second kappa shape index (κ2) is 2.83. The molecule has 1 nitrogen and oxygen atoms in total. The van der Waals surface area contributed by atoms with Gasteiger partial charge in [0.15, 0.2) is 6.54 Å². The van der Waals surface area contributed by atoms with Crippen molar-refractivity contribution in [1.82, 2.24) is 0 Å². The average Bonchev–Trinajstić information content (AvgIpc) is 2.92. The van der Waals surface area contributed by atoms with Gasteiger partial charge in [0.2, 0.25) is 5.87 Å². The molecule has 0 N–H and O–H groups in total. The molecule has 0 saturated carbocycles. The zero-order valence-corrected chi connectivity index (χ0v) is 8.46. The Morgan fingerprint density at radius 2 is 2.36 bits per heavy atom. The number of fused-ring (bicyclic) bond motifs is 1. The molecule has 1 aliphatic heterocycles. The van der Waals surface area contributed by atoms with Crippen LogP contribution in [0.2, 0.25) is 0 Å². The molecular weight excluding hydrogens is 170 g/mol. The molecule has 3 rings (SSSR count). The monoisotopic (exact) mass is 184 g/mol. The predicted octanol–water partition coefficient (Wildman–Crippen LogP) is 2.45. The summed E-state index contributed by atoms with van der Waals surface area (Å²) in [5.74, 6) is 3.85. The topological polar surface area (TPSA) is 3.01 Å². The molecule has 1 heterocycles. The van der Waals surface area contributed by atoms with E-state index in [4.69, 9.17) is 0 Å². The van der Waals surface area contributed by atoms with E-state index in [1.165, 1.54) is 18.4 Å². The summed E-state index contributed by atoms with van der Waals surface area (Å²) in [5, 5.41) is 0. The van der Waals surface area contributed by atoms with Crippen molar-refractivity contribution in [3.63, 3.8) is 0 Å². The molecule has 70 valence electrons. The molecule has 14 heavy (non-hydrogen) atoms. The first-order valence-electron chi connectivity index (χ1n) is 5.31. The summed E-state index contributed by atoms with van der Waals surface area (Å²) >= 11 is 0. The minimum atomic E-state index is 0.760. The van der Waals surface area contributed by atoms with Gasteiger partial charge in [-0.1, -0.05) is 25.1 Å². The Bertz CT molecular complexity index is 450. The molecule has 0 radical (unpaired) electrons. The van der Waals surface area contributed by atoms with E-state index in [1.54, 1.807) is 11.1 Å². The summed E-state index contributed by atoms with van der Waals surface area (Å²) in [5.41, 5.74) is 4.67. The summed E-state index contributed by atoms with van der Waals surface area (Å²) in [6.45, 7) is 3.35. The van der Waals surface area contributed by atoms with Gasteiger partial charge in [-0.2, -0.15) is 0 Å². The van der Waals surface area contributed by atoms with E-state index in [-0.39, 0.29) is 0 Å². The van der Waals surface area contributed by atoms with Crippen LogP contribution in [0.5, 0.6) is 0 Å². The van der Waals surface area contributed by atoms with Crippen LogP contribution in [0.25, 0.3) is 0 Å². The van der Waals surface area contributed by atoms with Crippen molar-refractivity contribution in [2.24, 2.45) is 0 Å². The first kappa shape index (κ1) is 8.02. The molecule has 0 saturated heterocycles. The normalized spacial score (nSPS) is 22.1. The molecule has 0 fully saturated rings. The number of nitrogens with zero attached hydrogens (tertiary/aromatic N) is 1. The van der Waals surface area contributed by atoms with E-state index in [0.29, 0.717) is 0 Å². The third-order valence-electron chi connectivity index (χ3n) is 3.32. The van der Waals surface area contributed by atoms with E-state index >= 15 is 0 Å². The maximum absolute atomic E-state index is 3.09. The summed E-state index contributed by atoms with van der Waals surface area (Å²) in [6.07, 6.45) is 4.60. The van der Waals surface area contributed by atoms with Gasteiger partial charge in [-0.15, -0.1) is 4.58 Å². The van der Waals surface area contributed by atoms with Gasteiger partial charge in [0.1, 0.15) is 0 Å². The highest BCUT2D eigenvalue weighted by molar-refractivity contribution is 5.52. The second-order valence-electron chi connectivity index (χ2n) is 4.31. The van der Waals surface area contributed by atoms with Crippen molar-refractivity contribution in [1.29, 1.82) is 0 Å². The van der Waals surface area contributed by atoms with Crippen LogP contribution in [0.15, 0.2) is 24.4 Å². The Morgan fingerprint density at radius 1 is 1.50 bits per heavy atom. The van der Waals surface area contributed by atoms with Crippen LogP contribution in [0.4, 0.5) is 0 Å². The third-order valence-corrected chi connectivity index (χ3v) is 3.32. The van der Waals surface area contributed by atoms with Gasteiger partial charge in [0.25, 0.3) is 6.20 Å². The molecule has 0 amide bonds. The fraction of sp³-hybridized carbons (Fsp3) is 0.385. The molecule has 1 atom stereocenters. The molecule has 2 aliphatic rings. The Morgan fingerprint density at radius 3 is 3.14 bits per heavy atom. The van der Waals surface area contributed by atoms with Crippen LogP contribution in [0.1, 0.15) is 36.0 Å². The van der Waals surface area contributed by atoms with E-state index in [2.05, 4.69) is 35.6 Å². The number of rotatable bonds is 2. The Balaban J connectivity index is 2.00. The Hall–Kier alpha value is -1.33. The van der Waals surface area contributed by atoms with Crippen molar-refractivity contribution < 1.29 is 4.58 Å². The minimum Gasteiger partial charge on any atom is -0.135 e. The highest BCUT2D eigenvalue weighted by Gasteiger charge is 2.23. The summed E-state index contributed by atoms with van der Waals surface area (Å²) in [4.78, 5) is 0. The fourth-order valence-electron chi connectivity index (χ4n) is 2.40. The second-order valence-corrected chi connectivity index (χ2v) is 4.31. The van der Waals surface area contributed by atoms with E-state index < -0.39 is 0 Å². The van der Waals surface area contributed by atoms with Crippen molar-refractivity contribution >= 4 is 5.87 Å². The lowest BCUT2D eigenvalue weighted by Gasteiger charge is -2.05. The summed E-state index contributed by atoms with van der Waals surface area (Å²) in [6, 6.07) is 6.74. The summed E-state index contributed by atoms with van der Waals surface area (Å²) in [7, 11) is 0. The Kier molecular flexibility index (Phi) is 1.62. The van der Waals surface area contributed by atoms with Crippen LogP contribution < -0.4 is 0 Å². The lowest BCUT2D eigenvalue weighted by molar-refractivity contribution is -0.426. The van der Waals surface area contributed by atoms with Gasteiger partial charge >= 0.3 is 0 Å². The Labute approximate surface area is 84.4 Å².